The third-order valence-electron chi connectivity index (χ3n) is 12.5. The van der Waals surface area contributed by atoms with Crippen LogP contribution in [0.1, 0.15) is 50.8 Å². The summed E-state index contributed by atoms with van der Waals surface area (Å²) in [5, 5.41) is 7.94. The minimum Gasteiger partial charge on any atom is -0.334 e. The zero-order chi connectivity index (χ0) is 33.6. The Morgan fingerprint density at radius 1 is 0.560 bits per heavy atom. The van der Waals surface area contributed by atoms with E-state index in [1.54, 1.807) is 0 Å². The molecule has 1 aliphatic heterocycles. The highest BCUT2D eigenvalue weighted by molar-refractivity contribution is 6.30. The molecule has 2 unspecified atom stereocenters. The normalized spacial score (nSPS) is 20.1. The molecule has 0 bridgehead atoms. The Balaban J connectivity index is 1.26. The highest BCUT2D eigenvalue weighted by Crippen LogP contribution is 2.61. The molecule has 0 amide bonds. The number of hydrogen-bond acceptors (Lipinski definition) is 2. The van der Waals surface area contributed by atoms with Crippen molar-refractivity contribution in [2.24, 2.45) is 0 Å². The highest BCUT2D eigenvalue weighted by atomic mass is 15.3. The molecule has 0 N–H and O–H groups in total. The summed E-state index contributed by atoms with van der Waals surface area (Å²) in [7, 11) is 0. The first-order chi connectivity index (χ1) is 24.4. The standard InChI is InChI=1S/C48H40N2/c1-31-28-36(24-27-49-31)50-44-23-18-35(29-43(44)47(2)25-10-11-26-48(47,50)3)42-30-41(33-14-8-5-9-15-33)39-20-17-34-16-19-37(32-12-6-4-7-13-32)38-21-22-40(42)46(39)45(34)38/h4-9,12-24,27-30H,10-11,25-26H2,1-3H3. The summed E-state index contributed by atoms with van der Waals surface area (Å²) in [5.74, 6) is 0. The summed E-state index contributed by atoms with van der Waals surface area (Å²) in [6, 6.07) is 50.2. The van der Waals surface area contributed by atoms with Crippen LogP contribution in [0.2, 0.25) is 0 Å². The van der Waals surface area contributed by atoms with Gasteiger partial charge in [-0.3, -0.25) is 4.98 Å². The number of anilines is 2. The Morgan fingerprint density at radius 3 is 1.94 bits per heavy atom. The van der Waals surface area contributed by atoms with Crippen molar-refractivity contribution in [1.82, 2.24) is 4.98 Å². The van der Waals surface area contributed by atoms with Crippen molar-refractivity contribution in [1.29, 1.82) is 0 Å². The van der Waals surface area contributed by atoms with Gasteiger partial charge in [-0.15, -0.1) is 0 Å². The van der Waals surface area contributed by atoms with E-state index in [9.17, 15) is 0 Å². The second-order valence-electron chi connectivity index (χ2n) is 15.1. The molecule has 2 heterocycles. The van der Waals surface area contributed by atoms with Gasteiger partial charge >= 0.3 is 0 Å². The number of rotatable bonds is 4. The molecule has 2 aliphatic rings. The molecule has 50 heavy (non-hydrogen) atoms. The Hall–Kier alpha value is -5.47. The van der Waals surface area contributed by atoms with E-state index in [0.29, 0.717) is 0 Å². The van der Waals surface area contributed by atoms with Gasteiger partial charge in [0, 0.05) is 28.7 Å². The van der Waals surface area contributed by atoms with Gasteiger partial charge in [0.15, 0.2) is 0 Å². The van der Waals surface area contributed by atoms with Crippen molar-refractivity contribution in [2.45, 2.75) is 57.4 Å². The van der Waals surface area contributed by atoms with Gasteiger partial charge in [-0.1, -0.05) is 123 Å². The molecule has 7 aromatic carbocycles. The van der Waals surface area contributed by atoms with Gasteiger partial charge in [0.05, 0.1) is 5.54 Å². The topological polar surface area (TPSA) is 16.1 Å². The number of hydrogen-bond donors (Lipinski definition) is 0. The van der Waals surface area contributed by atoms with Gasteiger partial charge in [0.1, 0.15) is 0 Å². The molecule has 0 spiro atoms. The van der Waals surface area contributed by atoms with E-state index in [4.69, 9.17) is 0 Å². The lowest BCUT2D eigenvalue weighted by molar-refractivity contribution is 0.195. The number of fused-ring (bicyclic) bond motifs is 3. The number of nitrogens with zero attached hydrogens (tertiary/aromatic N) is 2. The summed E-state index contributed by atoms with van der Waals surface area (Å²) < 4.78 is 0. The minimum atomic E-state index is -0.00824. The van der Waals surface area contributed by atoms with Crippen LogP contribution in [-0.2, 0) is 5.41 Å². The van der Waals surface area contributed by atoms with Crippen LogP contribution >= 0.6 is 0 Å². The lowest BCUT2D eigenvalue weighted by Gasteiger charge is -2.50. The van der Waals surface area contributed by atoms with Crippen molar-refractivity contribution < 1.29 is 0 Å². The largest absolute Gasteiger partial charge is 0.334 e. The maximum atomic E-state index is 4.56. The van der Waals surface area contributed by atoms with E-state index in [-0.39, 0.29) is 11.0 Å². The maximum absolute atomic E-state index is 4.56. The van der Waals surface area contributed by atoms with Crippen LogP contribution in [0.5, 0.6) is 0 Å². The van der Waals surface area contributed by atoms with E-state index < -0.39 is 0 Å². The van der Waals surface area contributed by atoms with Crippen molar-refractivity contribution in [2.75, 3.05) is 4.90 Å². The summed E-state index contributed by atoms with van der Waals surface area (Å²) in [6.07, 6.45) is 6.86. The average Bonchev–Trinajstić information content (AvgIpc) is 3.37. The number of pyridine rings is 1. The van der Waals surface area contributed by atoms with Gasteiger partial charge in [0.2, 0.25) is 0 Å². The minimum absolute atomic E-state index is 0.00824. The molecule has 10 rings (SSSR count). The van der Waals surface area contributed by atoms with Gasteiger partial charge in [-0.05, 0) is 128 Å². The molecule has 1 aliphatic carbocycles. The monoisotopic (exact) mass is 644 g/mol. The third-order valence-corrected chi connectivity index (χ3v) is 12.5. The molecule has 1 fully saturated rings. The van der Waals surface area contributed by atoms with Crippen molar-refractivity contribution in [3.8, 4) is 33.4 Å². The zero-order valence-corrected chi connectivity index (χ0v) is 29.0. The second-order valence-corrected chi connectivity index (χ2v) is 15.1. The predicted molar refractivity (Wildman–Crippen MR) is 212 cm³/mol. The zero-order valence-electron chi connectivity index (χ0n) is 29.0. The quantitative estimate of drug-likeness (QED) is 0.177. The molecule has 2 heteroatoms. The third kappa shape index (κ3) is 4.05. The molecule has 8 aromatic rings. The van der Waals surface area contributed by atoms with E-state index in [0.717, 1.165) is 5.69 Å². The molecule has 0 radical (unpaired) electrons. The second kappa shape index (κ2) is 10.8. The fourth-order valence-electron chi connectivity index (χ4n) is 9.84. The van der Waals surface area contributed by atoms with E-state index >= 15 is 0 Å². The number of aryl methyl sites for hydroxylation is 1. The molecule has 1 saturated carbocycles. The lowest BCUT2D eigenvalue weighted by atomic mass is 9.61. The van der Waals surface area contributed by atoms with Crippen molar-refractivity contribution >= 4 is 43.7 Å². The van der Waals surface area contributed by atoms with Crippen molar-refractivity contribution in [3.05, 3.63) is 151 Å². The molecule has 2 nitrogen and oxygen atoms in total. The Bertz CT molecular complexity index is 2590. The SMILES string of the molecule is Cc1cc(N2c3ccc(-c4cc(-c5ccccc5)c5ccc6ccc(-c7ccccc7)c7ccc4c5c67)cc3C3(C)CCCCC23C)ccn1. The Kier molecular flexibility index (Phi) is 6.34. The Labute approximate surface area is 294 Å². The fraction of sp³-hybridized carbons (Fsp3) is 0.188. The van der Waals surface area contributed by atoms with Gasteiger partial charge in [0.25, 0.3) is 0 Å². The molecular weight excluding hydrogens is 605 g/mol. The first kappa shape index (κ1) is 29.4. The van der Waals surface area contributed by atoms with E-state index in [1.165, 1.54) is 108 Å². The molecular formula is C48H40N2. The molecule has 1 aromatic heterocycles. The van der Waals surface area contributed by atoms with Crippen LogP contribution in [0.3, 0.4) is 0 Å². The van der Waals surface area contributed by atoms with Gasteiger partial charge in [-0.2, -0.15) is 0 Å². The summed E-state index contributed by atoms with van der Waals surface area (Å²) in [5.41, 5.74) is 12.8. The predicted octanol–water partition coefficient (Wildman–Crippen LogP) is 13.0. The van der Waals surface area contributed by atoms with Gasteiger partial charge < -0.3 is 4.90 Å². The molecule has 0 saturated heterocycles. The summed E-state index contributed by atoms with van der Waals surface area (Å²) >= 11 is 0. The summed E-state index contributed by atoms with van der Waals surface area (Å²) in [6.45, 7) is 7.15. The molecule has 2 atom stereocenters. The summed E-state index contributed by atoms with van der Waals surface area (Å²) in [4.78, 5) is 7.22. The van der Waals surface area contributed by atoms with E-state index in [1.807, 2.05) is 6.20 Å². The fourth-order valence-corrected chi connectivity index (χ4v) is 9.84. The average molecular weight is 645 g/mol. The number of aromatic nitrogens is 1. The van der Waals surface area contributed by atoms with Crippen LogP contribution < -0.4 is 4.90 Å². The number of benzene rings is 7. The highest BCUT2D eigenvalue weighted by Gasteiger charge is 2.57. The van der Waals surface area contributed by atoms with Crippen LogP contribution in [0.15, 0.2) is 140 Å². The maximum Gasteiger partial charge on any atom is 0.0517 e. The smallest absolute Gasteiger partial charge is 0.0517 e. The lowest BCUT2D eigenvalue weighted by Crippen LogP contribution is -2.54. The molecule has 242 valence electrons. The first-order valence-electron chi connectivity index (χ1n) is 18.2. The van der Waals surface area contributed by atoms with Crippen LogP contribution in [-0.4, -0.2) is 10.5 Å². The Morgan fingerprint density at radius 2 is 1.20 bits per heavy atom. The van der Waals surface area contributed by atoms with Crippen LogP contribution in [0, 0.1) is 6.92 Å². The van der Waals surface area contributed by atoms with E-state index in [2.05, 4.69) is 164 Å². The van der Waals surface area contributed by atoms with Crippen LogP contribution in [0.25, 0.3) is 65.7 Å². The van der Waals surface area contributed by atoms with Crippen LogP contribution in [0.4, 0.5) is 11.4 Å². The first-order valence-corrected chi connectivity index (χ1v) is 18.2. The van der Waals surface area contributed by atoms with Gasteiger partial charge in [-0.25, -0.2) is 0 Å². The van der Waals surface area contributed by atoms with Crippen molar-refractivity contribution in [3.63, 3.8) is 0 Å².